The number of aliphatic carboxylic acids is 1. The number of hydrogen-bond donors (Lipinski definition) is 1. The quantitative estimate of drug-likeness (QED) is 0.898. The topological polar surface area (TPSA) is 40.5 Å². The summed E-state index contributed by atoms with van der Waals surface area (Å²) in [6.07, 6.45) is 3.12. The first-order valence-corrected chi connectivity index (χ1v) is 6.29. The maximum Gasteiger partial charge on any atom is 0.306 e. The fourth-order valence-corrected chi connectivity index (χ4v) is 2.62. The molecule has 0 unspecified atom stereocenters. The monoisotopic (exact) mass is 251 g/mol. The number of carboxylic acids is 1. The van der Waals surface area contributed by atoms with Crippen molar-refractivity contribution < 1.29 is 14.3 Å². The summed E-state index contributed by atoms with van der Waals surface area (Å²) in [6.45, 7) is 0. The molecule has 18 heavy (non-hydrogen) atoms. The van der Waals surface area contributed by atoms with Crippen LogP contribution in [0.25, 0.3) is 0 Å². The van der Waals surface area contributed by atoms with E-state index in [4.69, 9.17) is 5.11 Å². The number of carboxylic acid groups (broad SMARTS) is 1. The van der Waals surface area contributed by atoms with E-state index in [0.717, 1.165) is 18.5 Å². The second kappa shape index (κ2) is 5.38. The molecule has 0 spiro atoms. The number of nitrogens with zero attached hydrogens (tertiary/aromatic N) is 1. The third kappa shape index (κ3) is 2.81. The molecular weight excluding hydrogens is 233 g/mol. The molecule has 0 radical (unpaired) electrons. The molecule has 98 valence electrons. The van der Waals surface area contributed by atoms with Gasteiger partial charge in [-0.1, -0.05) is 6.07 Å². The van der Waals surface area contributed by atoms with Gasteiger partial charge in [-0.15, -0.1) is 0 Å². The minimum absolute atomic E-state index is 0.206. The molecule has 0 aliphatic heterocycles. The zero-order chi connectivity index (χ0) is 13.1. The molecule has 1 fully saturated rings. The third-order valence-electron chi connectivity index (χ3n) is 3.81. The minimum Gasteiger partial charge on any atom is -0.481 e. The molecule has 3 nitrogen and oxygen atoms in total. The first kappa shape index (κ1) is 12.9. The van der Waals surface area contributed by atoms with Crippen LogP contribution in [0.5, 0.6) is 0 Å². The molecule has 0 bridgehead atoms. The van der Waals surface area contributed by atoms with Gasteiger partial charge in [0.15, 0.2) is 0 Å². The van der Waals surface area contributed by atoms with Gasteiger partial charge in [0, 0.05) is 18.8 Å². The maximum atomic E-state index is 13.2. The fraction of sp³-hybridized carbons (Fsp3) is 0.500. The van der Waals surface area contributed by atoms with Crippen LogP contribution in [0.1, 0.15) is 25.7 Å². The molecule has 1 aromatic carbocycles. The molecule has 1 aliphatic rings. The predicted molar refractivity (Wildman–Crippen MR) is 68.2 cm³/mol. The van der Waals surface area contributed by atoms with Gasteiger partial charge in [-0.25, -0.2) is 4.39 Å². The molecular formula is C14H18FNO2. The highest BCUT2D eigenvalue weighted by molar-refractivity contribution is 5.70. The average Bonchev–Trinajstić information content (AvgIpc) is 2.38. The van der Waals surface area contributed by atoms with Gasteiger partial charge in [0.1, 0.15) is 5.82 Å². The fourth-order valence-electron chi connectivity index (χ4n) is 2.62. The van der Waals surface area contributed by atoms with Crippen molar-refractivity contribution in [3.8, 4) is 0 Å². The average molecular weight is 251 g/mol. The Kier molecular flexibility index (Phi) is 3.84. The van der Waals surface area contributed by atoms with Gasteiger partial charge >= 0.3 is 5.97 Å². The summed E-state index contributed by atoms with van der Waals surface area (Å²) in [5.41, 5.74) is 0.855. The van der Waals surface area contributed by atoms with Gasteiger partial charge in [-0.2, -0.15) is 0 Å². The number of benzene rings is 1. The van der Waals surface area contributed by atoms with Crippen LogP contribution in [0.3, 0.4) is 0 Å². The van der Waals surface area contributed by atoms with Gasteiger partial charge in [-0.05, 0) is 43.9 Å². The van der Waals surface area contributed by atoms with Crippen LogP contribution in [-0.4, -0.2) is 24.2 Å². The summed E-state index contributed by atoms with van der Waals surface area (Å²) in [6, 6.07) is 6.83. The zero-order valence-electron chi connectivity index (χ0n) is 10.5. The second-order valence-corrected chi connectivity index (χ2v) is 4.93. The molecule has 1 aliphatic carbocycles. The highest BCUT2D eigenvalue weighted by Gasteiger charge is 2.28. The van der Waals surface area contributed by atoms with Crippen molar-refractivity contribution in [2.75, 3.05) is 11.9 Å². The lowest BCUT2D eigenvalue weighted by atomic mass is 9.85. The van der Waals surface area contributed by atoms with Gasteiger partial charge in [0.25, 0.3) is 0 Å². The number of hydrogen-bond acceptors (Lipinski definition) is 2. The van der Waals surface area contributed by atoms with E-state index in [9.17, 15) is 9.18 Å². The third-order valence-corrected chi connectivity index (χ3v) is 3.81. The van der Waals surface area contributed by atoms with Crippen LogP contribution in [-0.2, 0) is 4.79 Å². The standard InChI is InChI=1S/C14H18FNO2/c1-16(13-4-2-3-11(15)9-13)12-7-5-10(6-8-12)14(17)18/h2-4,9-10,12H,5-8H2,1H3,(H,17,18). The van der Waals surface area contributed by atoms with Crippen molar-refractivity contribution >= 4 is 11.7 Å². The van der Waals surface area contributed by atoms with Crippen LogP contribution in [0.2, 0.25) is 0 Å². The van der Waals surface area contributed by atoms with E-state index in [2.05, 4.69) is 4.90 Å². The van der Waals surface area contributed by atoms with Gasteiger partial charge in [0.2, 0.25) is 0 Å². The molecule has 2 rings (SSSR count). The summed E-state index contributed by atoms with van der Waals surface area (Å²) in [5, 5.41) is 8.95. The number of anilines is 1. The highest BCUT2D eigenvalue weighted by Crippen LogP contribution is 2.29. The number of halogens is 1. The van der Waals surface area contributed by atoms with Crippen molar-refractivity contribution in [3.05, 3.63) is 30.1 Å². The van der Waals surface area contributed by atoms with Crippen molar-refractivity contribution in [2.24, 2.45) is 5.92 Å². The van der Waals surface area contributed by atoms with E-state index in [-0.39, 0.29) is 11.7 Å². The summed E-state index contributed by atoms with van der Waals surface area (Å²) < 4.78 is 13.2. The summed E-state index contributed by atoms with van der Waals surface area (Å²) >= 11 is 0. The predicted octanol–water partition coefficient (Wildman–Crippen LogP) is 2.91. The van der Waals surface area contributed by atoms with Crippen LogP contribution in [0.4, 0.5) is 10.1 Å². The molecule has 1 N–H and O–H groups in total. The molecule has 1 aromatic rings. The van der Waals surface area contributed by atoms with Crippen LogP contribution >= 0.6 is 0 Å². The highest BCUT2D eigenvalue weighted by atomic mass is 19.1. The van der Waals surface area contributed by atoms with Crippen LogP contribution < -0.4 is 4.90 Å². The zero-order valence-corrected chi connectivity index (χ0v) is 10.5. The lowest BCUT2D eigenvalue weighted by molar-refractivity contribution is -0.142. The Balaban J connectivity index is 1.99. The van der Waals surface area contributed by atoms with Gasteiger partial charge < -0.3 is 10.0 Å². The Hall–Kier alpha value is -1.58. The summed E-state index contributed by atoms with van der Waals surface area (Å²) in [5.74, 6) is -1.14. The van der Waals surface area contributed by atoms with E-state index >= 15 is 0 Å². The Morgan fingerprint density at radius 3 is 2.56 bits per heavy atom. The van der Waals surface area contributed by atoms with E-state index in [0.29, 0.717) is 18.9 Å². The molecule has 0 heterocycles. The molecule has 0 aromatic heterocycles. The summed E-state index contributed by atoms with van der Waals surface area (Å²) in [4.78, 5) is 12.9. The van der Waals surface area contributed by atoms with Crippen LogP contribution in [0, 0.1) is 11.7 Å². The molecule has 0 atom stereocenters. The van der Waals surface area contributed by atoms with Crippen LogP contribution in [0.15, 0.2) is 24.3 Å². The normalized spacial score (nSPS) is 23.7. The number of carbonyl (C=O) groups is 1. The van der Waals surface area contributed by atoms with Crippen molar-refractivity contribution in [3.63, 3.8) is 0 Å². The molecule has 4 heteroatoms. The molecule has 0 amide bonds. The minimum atomic E-state index is -0.693. The Bertz CT molecular complexity index is 428. The number of rotatable bonds is 3. The first-order chi connectivity index (χ1) is 8.58. The van der Waals surface area contributed by atoms with Gasteiger partial charge in [0.05, 0.1) is 5.92 Å². The molecule has 0 saturated heterocycles. The second-order valence-electron chi connectivity index (χ2n) is 4.93. The summed E-state index contributed by atoms with van der Waals surface area (Å²) in [7, 11) is 1.94. The van der Waals surface area contributed by atoms with E-state index < -0.39 is 5.97 Å². The Morgan fingerprint density at radius 1 is 1.33 bits per heavy atom. The van der Waals surface area contributed by atoms with E-state index in [1.54, 1.807) is 6.07 Å². The lowest BCUT2D eigenvalue weighted by Gasteiger charge is -2.34. The molecule has 1 saturated carbocycles. The van der Waals surface area contributed by atoms with Crippen molar-refractivity contribution in [1.29, 1.82) is 0 Å². The van der Waals surface area contributed by atoms with Crippen molar-refractivity contribution in [2.45, 2.75) is 31.7 Å². The van der Waals surface area contributed by atoms with Gasteiger partial charge in [-0.3, -0.25) is 4.79 Å². The first-order valence-electron chi connectivity index (χ1n) is 6.29. The largest absolute Gasteiger partial charge is 0.481 e. The SMILES string of the molecule is CN(c1cccc(F)c1)C1CCC(C(=O)O)CC1. The Labute approximate surface area is 106 Å². The lowest BCUT2D eigenvalue weighted by Crippen LogP contribution is -2.36. The smallest absolute Gasteiger partial charge is 0.306 e. The van der Waals surface area contributed by atoms with Crippen molar-refractivity contribution in [1.82, 2.24) is 0 Å². The maximum absolute atomic E-state index is 13.2. The van der Waals surface area contributed by atoms with E-state index in [1.165, 1.54) is 12.1 Å². The van der Waals surface area contributed by atoms with E-state index in [1.807, 2.05) is 13.1 Å². The Morgan fingerprint density at radius 2 is 2.00 bits per heavy atom.